The highest BCUT2D eigenvalue weighted by Gasteiger charge is 2.34. The third-order valence-corrected chi connectivity index (χ3v) is 7.79. The molecule has 0 bridgehead atoms. The summed E-state index contributed by atoms with van der Waals surface area (Å²) >= 11 is 0. The molecule has 0 aromatic carbocycles. The standard InChI is InChI=1S/C23H42N2O/c1-17(2)19-5-7-20(8-6-19)21-9-13-24(14-10-21)22-11-15-25(16-12-22)23(26)18(3)4/h17-22H,5-16H2,1-4H3/t19-,20+. The van der Waals surface area contributed by atoms with Gasteiger partial charge in [0.1, 0.15) is 0 Å². The zero-order chi connectivity index (χ0) is 18.7. The van der Waals surface area contributed by atoms with Crippen molar-refractivity contribution in [2.24, 2.45) is 29.6 Å². The number of amides is 1. The Kier molecular flexibility index (Phi) is 7.05. The monoisotopic (exact) mass is 362 g/mol. The van der Waals surface area contributed by atoms with Crippen molar-refractivity contribution in [1.82, 2.24) is 9.80 Å². The van der Waals surface area contributed by atoms with Gasteiger partial charge in [-0.2, -0.15) is 0 Å². The molecule has 0 unspecified atom stereocenters. The molecule has 3 heteroatoms. The Balaban J connectivity index is 1.39. The summed E-state index contributed by atoms with van der Waals surface area (Å²) in [4.78, 5) is 17.0. The predicted molar refractivity (Wildman–Crippen MR) is 109 cm³/mol. The number of likely N-dealkylation sites (tertiary alicyclic amines) is 2. The van der Waals surface area contributed by atoms with Gasteiger partial charge in [0.2, 0.25) is 5.91 Å². The molecule has 3 nitrogen and oxygen atoms in total. The van der Waals surface area contributed by atoms with Gasteiger partial charge < -0.3 is 9.80 Å². The molecule has 0 spiro atoms. The van der Waals surface area contributed by atoms with Gasteiger partial charge in [-0.05, 0) is 88.1 Å². The first-order chi connectivity index (χ1) is 12.5. The van der Waals surface area contributed by atoms with Crippen molar-refractivity contribution in [1.29, 1.82) is 0 Å². The highest BCUT2D eigenvalue weighted by atomic mass is 16.2. The van der Waals surface area contributed by atoms with Crippen LogP contribution < -0.4 is 0 Å². The maximum Gasteiger partial charge on any atom is 0.225 e. The normalized spacial score (nSPS) is 30.3. The lowest BCUT2D eigenvalue weighted by atomic mass is 9.70. The topological polar surface area (TPSA) is 23.6 Å². The van der Waals surface area contributed by atoms with Crippen molar-refractivity contribution < 1.29 is 4.79 Å². The molecule has 3 aliphatic rings. The minimum Gasteiger partial charge on any atom is -0.342 e. The third kappa shape index (κ3) is 4.82. The molecule has 150 valence electrons. The Morgan fingerprint density at radius 3 is 1.77 bits per heavy atom. The van der Waals surface area contributed by atoms with Crippen LogP contribution in [0.25, 0.3) is 0 Å². The van der Waals surface area contributed by atoms with E-state index < -0.39 is 0 Å². The zero-order valence-electron chi connectivity index (χ0n) is 17.8. The van der Waals surface area contributed by atoms with Crippen LogP contribution in [0.5, 0.6) is 0 Å². The molecule has 2 heterocycles. The van der Waals surface area contributed by atoms with E-state index in [4.69, 9.17) is 0 Å². The predicted octanol–water partition coefficient (Wildman–Crippen LogP) is 4.81. The summed E-state index contributed by atoms with van der Waals surface area (Å²) in [5.41, 5.74) is 0. The second-order valence-electron chi connectivity index (χ2n) is 10.0. The Morgan fingerprint density at radius 2 is 1.27 bits per heavy atom. The fraction of sp³-hybridized carbons (Fsp3) is 0.957. The van der Waals surface area contributed by atoms with E-state index in [1.54, 1.807) is 0 Å². The summed E-state index contributed by atoms with van der Waals surface area (Å²) < 4.78 is 0. The van der Waals surface area contributed by atoms with Crippen molar-refractivity contribution in [3.63, 3.8) is 0 Å². The number of carbonyl (C=O) groups excluding carboxylic acids is 1. The molecule has 2 saturated heterocycles. The first-order valence-electron chi connectivity index (χ1n) is 11.5. The fourth-order valence-corrected chi connectivity index (χ4v) is 5.86. The Hall–Kier alpha value is -0.570. The van der Waals surface area contributed by atoms with Crippen molar-refractivity contribution in [2.75, 3.05) is 26.2 Å². The van der Waals surface area contributed by atoms with E-state index in [1.165, 1.54) is 64.5 Å². The Labute approximate surface area is 161 Å². The van der Waals surface area contributed by atoms with Crippen LogP contribution in [0.3, 0.4) is 0 Å². The van der Waals surface area contributed by atoms with E-state index in [2.05, 4.69) is 23.6 Å². The van der Waals surface area contributed by atoms with E-state index in [1.807, 2.05) is 13.8 Å². The van der Waals surface area contributed by atoms with Gasteiger partial charge in [-0.3, -0.25) is 4.79 Å². The van der Waals surface area contributed by atoms with Crippen LogP contribution in [0.1, 0.15) is 79.1 Å². The molecule has 1 aliphatic carbocycles. The third-order valence-electron chi connectivity index (χ3n) is 7.79. The van der Waals surface area contributed by atoms with Crippen LogP contribution in [0.4, 0.5) is 0 Å². The molecular formula is C23H42N2O. The number of piperidine rings is 2. The number of carbonyl (C=O) groups is 1. The summed E-state index contributed by atoms with van der Waals surface area (Å²) in [6.45, 7) is 13.4. The lowest BCUT2D eigenvalue weighted by Gasteiger charge is -2.44. The van der Waals surface area contributed by atoms with Crippen LogP contribution in [-0.2, 0) is 4.79 Å². The first kappa shape index (κ1) is 20.2. The maximum absolute atomic E-state index is 12.2. The SMILES string of the molecule is CC(C)C(=O)N1CCC(N2CCC([C@H]3CC[C@@H](C(C)C)CC3)CC2)CC1. The van der Waals surface area contributed by atoms with Crippen LogP contribution in [0.15, 0.2) is 0 Å². The van der Waals surface area contributed by atoms with Crippen molar-refractivity contribution >= 4 is 5.91 Å². The van der Waals surface area contributed by atoms with E-state index in [0.29, 0.717) is 5.91 Å². The summed E-state index contributed by atoms with van der Waals surface area (Å²) in [6, 6.07) is 0.726. The number of hydrogen-bond acceptors (Lipinski definition) is 2. The molecular weight excluding hydrogens is 320 g/mol. The van der Waals surface area contributed by atoms with Gasteiger partial charge in [-0.1, -0.05) is 27.7 Å². The largest absolute Gasteiger partial charge is 0.342 e. The minimum atomic E-state index is 0.146. The highest BCUT2D eigenvalue weighted by molar-refractivity contribution is 5.78. The molecule has 0 radical (unpaired) electrons. The molecule has 26 heavy (non-hydrogen) atoms. The van der Waals surface area contributed by atoms with E-state index in [-0.39, 0.29) is 5.92 Å². The first-order valence-corrected chi connectivity index (χ1v) is 11.5. The molecule has 0 aromatic heterocycles. The van der Waals surface area contributed by atoms with Gasteiger partial charge in [0.15, 0.2) is 0 Å². The molecule has 1 saturated carbocycles. The quantitative estimate of drug-likeness (QED) is 0.716. The van der Waals surface area contributed by atoms with Crippen LogP contribution >= 0.6 is 0 Å². The average Bonchev–Trinajstić information content (AvgIpc) is 2.67. The van der Waals surface area contributed by atoms with Gasteiger partial charge in [0, 0.05) is 25.0 Å². The van der Waals surface area contributed by atoms with Crippen LogP contribution in [0, 0.1) is 29.6 Å². The lowest BCUT2D eigenvalue weighted by Crippen LogP contribution is -2.50. The molecule has 1 amide bonds. The second-order valence-corrected chi connectivity index (χ2v) is 10.0. The van der Waals surface area contributed by atoms with Crippen LogP contribution in [-0.4, -0.2) is 47.9 Å². The minimum absolute atomic E-state index is 0.146. The smallest absolute Gasteiger partial charge is 0.225 e. The summed E-state index contributed by atoms with van der Waals surface area (Å²) in [5, 5.41) is 0. The van der Waals surface area contributed by atoms with Gasteiger partial charge >= 0.3 is 0 Å². The number of rotatable bonds is 4. The summed E-state index contributed by atoms with van der Waals surface area (Å²) in [7, 11) is 0. The number of nitrogens with zero attached hydrogens (tertiary/aromatic N) is 2. The number of hydrogen-bond donors (Lipinski definition) is 0. The molecule has 0 atom stereocenters. The van der Waals surface area contributed by atoms with E-state index in [0.717, 1.165) is 42.8 Å². The molecule has 0 aromatic rings. The average molecular weight is 363 g/mol. The van der Waals surface area contributed by atoms with Gasteiger partial charge in [0.25, 0.3) is 0 Å². The Bertz CT molecular complexity index is 437. The second kappa shape index (κ2) is 9.08. The van der Waals surface area contributed by atoms with Gasteiger partial charge in [0.05, 0.1) is 0 Å². The van der Waals surface area contributed by atoms with Crippen molar-refractivity contribution in [3.8, 4) is 0 Å². The highest BCUT2D eigenvalue weighted by Crippen LogP contribution is 2.40. The van der Waals surface area contributed by atoms with Crippen LogP contribution in [0.2, 0.25) is 0 Å². The van der Waals surface area contributed by atoms with Gasteiger partial charge in [-0.15, -0.1) is 0 Å². The van der Waals surface area contributed by atoms with Crippen molar-refractivity contribution in [2.45, 2.75) is 85.1 Å². The molecule has 3 rings (SSSR count). The maximum atomic E-state index is 12.2. The zero-order valence-corrected chi connectivity index (χ0v) is 17.8. The molecule has 3 fully saturated rings. The summed E-state index contributed by atoms with van der Waals surface area (Å²) in [6.07, 6.45) is 11.1. The van der Waals surface area contributed by atoms with Gasteiger partial charge in [-0.25, -0.2) is 0 Å². The molecule has 2 aliphatic heterocycles. The Morgan fingerprint density at radius 1 is 0.731 bits per heavy atom. The van der Waals surface area contributed by atoms with Crippen molar-refractivity contribution in [3.05, 3.63) is 0 Å². The molecule has 0 N–H and O–H groups in total. The van der Waals surface area contributed by atoms with E-state index in [9.17, 15) is 4.79 Å². The summed E-state index contributed by atoms with van der Waals surface area (Å²) in [5.74, 6) is 4.36. The lowest BCUT2D eigenvalue weighted by molar-refractivity contribution is -0.136. The van der Waals surface area contributed by atoms with E-state index >= 15 is 0 Å². The fourth-order valence-electron chi connectivity index (χ4n) is 5.86.